The van der Waals surface area contributed by atoms with Crippen LogP contribution in [0.4, 0.5) is 0 Å². The van der Waals surface area contributed by atoms with Gasteiger partial charge in [0.1, 0.15) is 12.1 Å². The number of benzene rings is 1. The lowest BCUT2D eigenvalue weighted by molar-refractivity contribution is -0.129. The van der Waals surface area contributed by atoms with Crippen LogP contribution < -0.4 is 16.0 Å². The summed E-state index contributed by atoms with van der Waals surface area (Å²) in [6.07, 6.45) is 11.1. The van der Waals surface area contributed by atoms with Crippen LogP contribution in [0.2, 0.25) is 0 Å². The standard InChI is InChI=1S/C36H59N3O8S/c1-2-47-48(45,46)24-14-6-13-21-32(40)39-31(26-28-17-9-4-10-18-28)36(44)37-23-22-33(41)38-30(25-27-15-7-3-8-16-27)35(43)34(42)29-19-11-5-12-20-29/h4,9-10,17-18,27,29-31,34-35,42-43H,2-3,5-8,11-16,19-26H2,1H3,(H,37,44)(H,38,41)(H,39,40)/t30-,31-,34-,35+/m0/s1. The summed E-state index contributed by atoms with van der Waals surface area (Å²) >= 11 is 0. The predicted octanol–water partition coefficient (Wildman–Crippen LogP) is 3.90. The minimum atomic E-state index is -3.54. The molecule has 0 spiro atoms. The third-order valence-electron chi connectivity index (χ3n) is 9.73. The lowest BCUT2D eigenvalue weighted by Gasteiger charge is -2.36. The Hall–Kier alpha value is -2.54. The first-order chi connectivity index (χ1) is 23.1. The van der Waals surface area contributed by atoms with Crippen LogP contribution in [0, 0.1) is 11.8 Å². The Kier molecular flexibility index (Phi) is 17.9. The minimum Gasteiger partial charge on any atom is -0.390 e. The maximum absolute atomic E-state index is 13.3. The van der Waals surface area contributed by atoms with Crippen molar-refractivity contribution in [2.75, 3.05) is 18.9 Å². The zero-order valence-electron chi connectivity index (χ0n) is 28.7. The molecule has 3 rings (SSSR count). The summed E-state index contributed by atoms with van der Waals surface area (Å²) in [6.45, 7) is 1.76. The lowest BCUT2D eigenvalue weighted by atomic mass is 9.78. The predicted molar refractivity (Wildman–Crippen MR) is 185 cm³/mol. The summed E-state index contributed by atoms with van der Waals surface area (Å²) in [7, 11) is -3.54. The fraction of sp³-hybridized carbons (Fsp3) is 0.750. The molecule has 11 nitrogen and oxygen atoms in total. The average molecular weight is 694 g/mol. The van der Waals surface area contributed by atoms with Crippen molar-refractivity contribution in [1.82, 2.24) is 16.0 Å². The number of aliphatic hydroxyl groups is 2. The van der Waals surface area contributed by atoms with Crippen molar-refractivity contribution in [1.29, 1.82) is 0 Å². The Morgan fingerprint density at radius 3 is 2.17 bits per heavy atom. The molecule has 0 aliphatic heterocycles. The second-order valence-electron chi connectivity index (χ2n) is 13.6. The monoisotopic (exact) mass is 693 g/mol. The van der Waals surface area contributed by atoms with Gasteiger partial charge >= 0.3 is 0 Å². The van der Waals surface area contributed by atoms with Crippen molar-refractivity contribution < 1.29 is 37.2 Å². The molecule has 4 atom stereocenters. The molecule has 12 heteroatoms. The Balaban J connectivity index is 1.51. The van der Waals surface area contributed by atoms with E-state index in [1.54, 1.807) is 6.92 Å². The first kappa shape index (κ1) is 39.9. The Morgan fingerprint density at radius 2 is 1.50 bits per heavy atom. The van der Waals surface area contributed by atoms with Gasteiger partial charge in [0.15, 0.2) is 0 Å². The largest absolute Gasteiger partial charge is 0.390 e. The molecule has 0 radical (unpaired) electrons. The maximum Gasteiger partial charge on any atom is 0.267 e. The number of rotatable bonds is 21. The lowest BCUT2D eigenvalue weighted by Crippen LogP contribution is -2.52. The minimum absolute atomic E-state index is 0.00416. The van der Waals surface area contributed by atoms with Gasteiger partial charge in [-0.15, -0.1) is 0 Å². The number of nitrogens with one attached hydrogen (secondary N) is 3. The molecule has 48 heavy (non-hydrogen) atoms. The average Bonchev–Trinajstić information content (AvgIpc) is 3.08. The number of carbonyl (C=O) groups excluding carboxylic acids is 3. The van der Waals surface area contributed by atoms with Crippen LogP contribution in [-0.4, -0.2) is 79.5 Å². The number of aliphatic hydroxyl groups excluding tert-OH is 2. The van der Waals surface area contributed by atoms with Gasteiger partial charge in [-0.05, 0) is 56.4 Å². The van der Waals surface area contributed by atoms with Crippen LogP contribution in [0.1, 0.15) is 115 Å². The molecule has 3 amide bonds. The quantitative estimate of drug-likeness (QED) is 0.0954. The van der Waals surface area contributed by atoms with Crippen LogP contribution in [0.3, 0.4) is 0 Å². The molecule has 0 unspecified atom stereocenters. The van der Waals surface area contributed by atoms with Gasteiger partial charge in [-0.3, -0.25) is 18.6 Å². The molecule has 0 aromatic heterocycles. The number of unbranched alkanes of at least 4 members (excludes halogenated alkanes) is 2. The second-order valence-corrected chi connectivity index (χ2v) is 15.4. The fourth-order valence-corrected chi connectivity index (χ4v) is 8.10. The van der Waals surface area contributed by atoms with Crippen molar-refractivity contribution >= 4 is 27.8 Å². The first-order valence-corrected chi connectivity index (χ1v) is 19.8. The number of hydrogen-bond donors (Lipinski definition) is 5. The molecule has 2 aliphatic rings. The summed E-state index contributed by atoms with van der Waals surface area (Å²) in [5, 5.41) is 30.9. The van der Waals surface area contributed by atoms with Gasteiger partial charge in [0, 0.05) is 25.8 Å². The highest BCUT2D eigenvalue weighted by Gasteiger charge is 2.35. The first-order valence-electron chi connectivity index (χ1n) is 18.2. The van der Waals surface area contributed by atoms with E-state index in [1.165, 1.54) is 6.42 Å². The summed E-state index contributed by atoms with van der Waals surface area (Å²) in [4.78, 5) is 39.1. The zero-order chi connectivity index (χ0) is 34.8. The molecule has 2 aliphatic carbocycles. The Labute approximate surface area is 287 Å². The van der Waals surface area contributed by atoms with E-state index in [-0.39, 0.29) is 55.9 Å². The van der Waals surface area contributed by atoms with Crippen molar-refractivity contribution in [2.24, 2.45) is 11.8 Å². The summed E-state index contributed by atoms with van der Waals surface area (Å²) < 4.78 is 28.1. The fourth-order valence-electron chi connectivity index (χ4n) is 7.06. The molecule has 1 aromatic carbocycles. The maximum atomic E-state index is 13.3. The van der Waals surface area contributed by atoms with Gasteiger partial charge in [0.25, 0.3) is 10.1 Å². The van der Waals surface area contributed by atoms with Crippen LogP contribution in [-0.2, 0) is 35.1 Å². The van der Waals surface area contributed by atoms with Crippen molar-refractivity contribution in [3.8, 4) is 0 Å². The van der Waals surface area contributed by atoms with E-state index in [2.05, 4.69) is 16.0 Å². The van der Waals surface area contributed by atoms with Gasteiger partial charge < -0.3 is 26.2 Å². The SMILES string of the molecule is CCOS(=O)(=O)CCCCCC(=O)N[C@@H](Cc1ccccc1)C(=O)NCCC(=O)N[C@@H](CC1CCCCC1)[C@@H](O)[C@@H](O)C1CCCCC1. The van der Waals surface area contributed by atoms with E-state index in [9.17, 15) is 33.0 Å². The van der Waals surface area contributed by atoms with E-state index >= 15 is 0 Å². The number of amides is 3. The number of carbonyl (C=O) groups is 3. The molecule has 2 saturated carbocycles. The smallest absolute Gasteiger partial charge is 0.267 e. The third kappa shape index (κ3) is 14.9. The normalized spacial score (nSPS) is 18.7. The van der Waals surface area contributed by atoms with Gasteiger partial charge in [-0.1, -0.05) is 88.1 Å². The van der Waals surface area contributed by atoms with Crippen LogP contribution in [0.25, 0.3) is 0 Å². The molecule has 0 saturated heterocycles. The van der Waals surface area contributed by atoms with Gasteiger partial charge in [0.05, 0.1) is 24.5 Å². The van der Waals surface area contributed by atoms with E-state index in [0.29, 0.717) is 31.6 Å². The summed E-state index contributed by atoms with van der Waals surface area (Å²) in [5.74, 6) is -0.700. The van der Waals surface area contributed by atoms with Gasteiger partial charge in [-0.2, -0.15) is 8.42 Å². The van der Waals surface area contributed by atoms with E-state index in [4.69, 9.17) is 4.18 Å². The molecule has 272 valence electrons. The van der Waals surface area contributed by atoms with Crippen molar-refractivity contribution in [3.63, 3.8) is 0 Å². The number of hydrogen-bond acceptors (Lipinski definition) is 8. The summed E-state index contributed by atoms with van der Waals surface area (Å²) in [6, 6.07) is 7.92. The molecule has 2 fully saturated rings. The van der Waals surface area contributed by atoms with Crippen molar-refractivity contribution in [3.05, 3.63) is 35.9 Å². The topological polar surface area (TPSA) is 171 Å². The van der Waals surface area contributed by atoms with E-state index in [0.717, 1.165) is 63.4 Å². The molecular weight excluding hydrogens is 634 g/mol. The molecule has 0 bridgehead atoms. The van der Waals surface area contributed by atoms with Crippen molar-refractivity contribution in [2.45, 2.75) is 140 Å². The van der Waals surface area contributed by atoms with E-state index in [1.807, 2.05) is 30.3 Å². The molecular formula is C36H59N3O8S. The van der Waals surface area contributed by atoms with Crippen LogP contribution in [0.5, 0.6) is 0 Å². The van der Waals surface area contributed by atoms with Gasteiger partial charge in [-0.25, -0.2) is 0 Å². The highest BCUT2D eigenvalue weighted by molar-refractivity contribution is 7.86. The summed E-state index contributed by atoms with van der Waals surface area (Å²) in [5.41, 5.74) is 0.868. The molecule has 1 aromatic rings. The molecule has 0 heterocycles. The second kappa shape index (κ2) is 21.5. The highest BCUT2D eigenvalue weighted by atomic mass is 32.2. The van der Waals surface area contributed by atoms with Crippen LogP contribution in [0.15, 0.2) is 30.3 Å². The van der Waals surface area contributed by atoms with Gasteiger partial charge in [0.2, 0.25) is 17.7 Å². The van der Waals surface area contributed by atoms with E-state index < -0.39 is 40.3 Å². The van der Waals surface area contributed by atoms with Crippen LogP contribution >= 0.6 is 0 Å². The Bertz CT molecular complexity index is 1200. The molecule has 5 N–H and O–H groups in total. The zero-order valence-corrected chi connectivity index (χ0v) is 29.6. The third-order valence-corrected chi connectivity index (χ3v) is 11.1. The Morgan fingerprint density at radius 1 is 0.854 bits per heavy atom. The highest BCUT2D eigenvalue weighted by Crippen LogP contribution is 2.32.